The van der Waals surface area contributed by atoms with Crippen LogP contribution in [0.4, 0.5) is 4.39 Å². The van der Waals surface area contributed by atoms with Gasteiger partial charge in [-0.3, -0.25) is 0 Å². The molecule has 2 rings (SSSR count). The van der Waals surface area contributed by atoms with Gasteiger partial charge in [-0.25, -0.2) is 9.18 Å². The average Bonchev–Trinajstić information content (AvgIpc) is 2.90. The molecule has 1 N–H and O–H groups in total. The van der Waals surface area contributed by atoms with E-state index in [9.17, 15) is 9.18 Å². The number of benzene rings is 1. The van der Waals surface area contributed by atoms with Crippen LogP contribution in [0.15, 0.2) is 39.4 Å². The van der Waals surface area contributed by atoms with E-state index < -0.39 is 5.97 Å². The topological polar surface area (TPSA) is 51.5 Å². The lowest BCUT2D eigenvalue weighted by Crippen LogP contribution is -2.13. The van der Waals surface area contributed by atoms with E-state index in [2.05, 4.69) is 26.0 Å². The molecule has 0 atom stereocenters. The zero-order chi connectivity index (χ0) is 14.5. The third-order valence-electron chi connectivity index (χ3n) is 2.70. The van der Waals surface area contributed by atoms with Gasteiger partial charge in [-0.05, 0) is 24.3 Å². The molecule has 0 saturated heterocycles. The van der Waals surface area contributed by atoms with E-state index in [0.717, 1.165) is 4.47 Å². The number of hydrogen-bond acceptors (Lipinski definition) is 4. The molecule has 0 radical (unpaired) electrons. The zero-order valence-corrected chi connectivity index (χ0v) is 12.4. The molecule has 0 bridgehead atoms. The SMILES string of the molecule is COC(=O)c1coc(CNCc2cc(Br)ccc2F)c1. The highest BCUT2D eigenvalue weighted by Crippen LogP contribution is 2.15. The Bertz CT molecular complexity index is 612. The molecular weight excluding hydrogens is 329 g/mol. The second-order valence-corrected chi connectivity index (χ2v) is 5.05. The van der Waals surface area contributed by atoms with Gasteiger partial charge in [0.15, 0.2) is 0 Å². The third-order valence-corrected chi connectivity index (χ3v) is 3.19. The van der Waals surface area contributed by atoms with E-state index in [1.54, 1.807) is 18.2 Å². The Morgan fingerprint density at radius 1 is 1.40 bits per heavy atom. The third kappa shape index (κ3) is 3.68. The van der Waals surface area contributed by atoms with Crippen LogP contribution in [-0.4, -0.2) is 13.1 Å². The molecule has 0 spiro atoms. The van der Waals surface area contributed by atoms with Gasteiger partial charge < -0.3 is 14.5 Å². The molecule has 0 aliphatic heterocycles. The van der Waals surface area contributed by atoms with Gasteiger partial charge in [0.2, 0.25) is 0 Å². The van der Waals surface area contributed by atoms with Crippen LogP contribution in [-0.2, 0) is 17.8 Å². The molecule has 0 saturated carbocycles. The van der Waals surface area contributed by atoms with E-state index in [1.807, 2.05) is 0 Å². The van der Waals surface area contributed by atoms with E-state index in [-0.39, 0.29) is 5.82 Å². The molecule has 1 heterocycles. The minimum absolute atomic E-state index is 0.268. The normalized spacial score (nSPS) is 10.6. The highest BCUT2D eigenvalue weighted by atomic mass is 79.9. The Morgan fingerprint density at radius 3 is 2.95 bits per heavy atom. The first-order valence-electron chi connectivity index (χ1n) is 5.90. The number of furan rings is 1. The smallest absolute Gasteiger partial charge is 0.341 e. The van der Waals surface area contributed by atoms with E-state index in [4.69, 9.17) is 4.42 Å². The fourth-order valence-electron chi connectivity index (χ4n) is 1.70. The quantitative estimate of drug-likeness (QED) is 0.848. The summed E-state index contributed by atoms with van der Waals surface area (Å²) in [5.74, 6) is -0.130. The van der Waals surface area contributed by atoms with Crippen LogP contribution in [0.25, 0.3) is 0 Å². The van der Waals surface area contributed by atoms with Crippen LogP contribution in [0.5, 0.6) is 0 Å². The maximum Gasteiger partial charge on any atom is 0.341 e. The molecule has 0 unspecified atom stereocenters. The maximum absolute atomic E-state index is 13.5. The first-order valence-corrected chi connectivity index (χ1v) is 6.70. The highest BCUT2D eigenvalue weighted by molar-refractivity contribution is 9.10. The zero-order valence-electron chi connectivity index (χ0n) is 10.8. The molecule has 106 valence electrons. The summed E-state index contributed by atoms with van der Waals surface area (Å²) in [7, 11) is 1.31. The predicted octanol–water partition coefficient (Wildman–Crippen LogP) is 3.26. The van der Waals surface area contributed by atoms with Gasteiger partial charge in [0.05, 0.1) is 19.2 Å². The predicted molar refractivity (Wildman–Crippen MR) is 74.7 cm³/mol. The Kier molecular flexibility index (Phi) is 4.92. The Balaban J connectivity index is 1.91. The Hall–Kier alpha value is -1.66. The van der Waals surface area contributed by atoms with Crippen LogP contribution in [0, 0.1) is 5.82 Å². The molecular formula is C14H13BrFNO3. The summed E-state index contributed by atoms with van der Waals surface area (Å²) in [6.07, 6.45) is 1.34. The van der Waals surface area contributed by atoms with Gasteiger partial charge in [-0.2, -0.15) is 0 Å². The van der Waals surface area contributed by atoms with Gasteiger partial charge in [0.1, 0.15) is 17.8 Å². The molecule has 1 aromatic heterocycles. The molecule has 20 heavy (non-hydrogen) atoms. The van der Waals surface area contributed by atoms with E-state index >= 15 is 0 Å². The van der Waals surface area contributed by atoms with Crippen LogP contribution in [0.2, 0.25) is 0 Å². The minimum atomic E-state index is -0.446. The first kappa shape index (κ1) is 14.7. The number of carbonyl (C=O) groups is 1. The van der Waals surface area contributed by atoms with Crippen molar-refractivity contribution in [3.05, 3.63) is 57.7 Å². The average molecular weight is 342 g/mol. The van der Waals surface area contributed by atoms with E-state index in [0.29, 0.717) is 30.0 Å². The van der Waals surface area contributed by atoms with Crippen molar-refractivity contribution in [2.24, 2.45) is 0 Å². The second-order valence-electron chi connectivity index (χ2n) is 4.13. The van der Waals surface area contributed by atoms with Gasteiger partial charge in [0, 0.05) is 16.6 Å². The summed E-state index contributed by atoms with van der Waals surface area (Å²) in [4.78, 5) is 11.2. The van der Waals surface area contributed by atoms with Crippen LogP contribution >= 0.6 is 15.9 Å². The number of ether oxygens (including phenoxy) is 1. The van der Waals surface area contributed by atoms with Crippen molar-refractivity contribution in [1.82, 2.24) is 5.32 Å². The summed E-state index contributed by atoms with van der Waals surface area (Å²) >= 11 is 3.30. The molecule has 0 aliphatic rings. The molecule has 0 fully saturated rings. The lowest BCUT2D eigenvalue weighted by atomic mass is 10.2. The van der Waals surface area contributed by atoms with Crippen LogP contribution in [0.3, 0.4) is 0 Å². The number of halogens is 2. The van der Waals surface area contributed by atoms with Gasteiger partial charge in [-0.15, -0.1) is 0 Å². The van der Waals surface area contributed by atoms with Gasteiger partial charge >= 0.3 is 5.97 Å². The van der Waals surface area contributed by atoms with E-state index in [1.165, 1.54) is 19.4 Å². The van der Waals surface area contributed by atoms with Gasteiger partial charge in [-0.1, -0.05) is 15.9 Å². The van der Waals surface area contributed by atoms with Crippen molar-refractivity contribution in [2.45, 2.75) is 13.1 Å². The largest absolute Gasteiger partial charge is 0.467 e. The highest BCUT2D eigenvalue weighted by Gasteiger charge is 2.10. The fraction of sp³-hybridized carbons (Fsp3) is 0.214. The van der Waals surface area contributed by atoms with Crippen molar-refractivity contribution in [2.75, 3.05) is 7.11 Å². The maximum atomic E-state index is 13.5. The summed E-state index contributed by atoms with van der Waals surface area (Å²) in [5, 5.41) is 3.05. The van der Waals surface area contributed by atoms with Crippen molar-refractivity contribution in [3.63, 3.8) is 0 Å². The molecule has 4 nitrogen and oxygen atoms in total. The Labute approximate surface area is 124 Å². The van der Waals surface area contributed by atoms with Gasteiger partial charge in [0.25, 0.3) is 0 Å². The molecule has 1 aromatic carbocycles. The minimum Gasteiger partial charge on any atom is -0.467 e. The number of methoxy groups -OCH3 is 1. The molecule has 0 amide bonds. The first-order chi connectivity index (χ1) is 9.60. The standard InChI is InChI=1S/C14H13BrFNO3/c1-19-14(18)10-5-12(20-8-10)7-17-6-9-4-11(15)2-3-13(9)16/h2-5,8,17H,6-7H2,1H3. The van der Waals surface area contributed by atoms with Crippen molar-refractivity contribution < 1.29 is 18.3 Å². The number of rotatable bonds is 5. The molecule has 0 aliphatic carbocycles. The Morgan fingerprint density at radius 2 is 2.20 bits per heavy atom. The van der Waals surface area contributed by atoms with Crippen LogP contribution in [0.1, 0.15) is 21.7 Å². The summed E-state index contributed by atoms with van der Waals surface area (Å²) in [6, 6.07) is 6.36. The fourth-order valence-corrected chi connectivity index (χ4v) is 2.11. The number of esters is 1. The summed E-state index contributed by atoms with van der Waals surface area (Å²) in [6.45, 7) is 0.752. The second kappa shape index (κ2) is 6.67. The lowest BCUT2D eigenvalue weighted by molar-refractivity contribution is 0.0600. The summed E-state index contributed by atoms with van der Waals surface area (Å²) in [5.41, 5.74) is 0.914. The molecule has 2 aromatic rings. The van der Waals surface area contributed by atoms with Crippen molar-refractivity contribution in [3.8, 4) is 0 Å². The van der Waals surface area contributed by atoms with Crippen molar-refractivity contribution in [1.29, 1.82) is 0 Å². The number of nitrogens with one attached hydrogen (secondary N) is 1. The van der Waals surface area contributed by atoms with Crippen molar-refractivity contribution >= 4 is 21.9 Å². The van der Waals surface area contributed by atoms with Crippen LogP contribution < -0.4 is 5.32 Å². The summed E-state index contributed by atoms with van der Waals surface area (Å²) < 4.78 is 24.1. The molecule has 6 heteroatoms. The number of carbonyl (C=O) groups excluding carboxylic acids is 1. The number of hydrogen-bond donors (Lipinski definition) is 1. The monoisotopic (exact) mass is 341 g/mol. The lowest BCUT2D eigenvalue weighted by Gasteiger charge is -2.05.